The van der Waals surface area contributed by atoms with Gasteiger partial charge in [0, 0.05) is 12.1 Å². The van der Waals surface area contributed by atoms with Crippen LogP contribution in [0.4, 0.5) is 0 Å². The van der Waals surface area contributed by atoms with Gasteiger partial charge >= 0.3 is 5.97 Å². The van der Waals surface area contributed by atoms with Crippen molar-refractivity contribution in [2.45, 2.75) is 19.5 Å². The SMILES string of the molecule is COC(=O)[C@H](C)NCc1cccc(OC)c1OC. The molecule has 0 fully saturated rings. The molecule has 5 heteroatoms. The number of rotatable bonds is 6. The first-order chi connectivity index (χ1) is 8.63. The molecule has 0 aliphatic heterocycles. The van der Waals surface area contributed by atoms with E-state index >= 15 is 0 Å². The lowest BCUT2D eigenvalue weighted by molar-refractivity contribution is -0.142. The average Bonchev–Trinajstić information content (AvgIpc) is 2.42. The van der Waals surface area contributed by atoms with Crippen molar-refractivity contribution in [3.63, 3.8) is 0 Å². The molecule has 0 heterocycles. The summed E-state index contributed by atoms with van der Waals surface area (Å²) in [5.74, 6) is 1.05. The zero-order chi connectivity index (χ0) is 13.5. The summed E-state index contributed by atoms with van der Waals surface area (Å²) in [7, 11) is 4.55. The summed E-state index contributed by atoms with van der Waals surface area (Å²) in [5, 5.41) is 3.07. The Morgan fingerprint density at radius 3 is 2.56 bits per heavy atom. The molecular weight excluding hydrogens is 234 g/mol. The first-order valence-corrected chi connectivity index (χ1v) is 5.65. The van der Waals surface area contributed by atoms with Gasteiger partial charge < -0.3 is 19.5 Å². The Morgan fingerprint density at radius 2 is 2.00 bits per heavy atom. The maximum absolute atomic E-state index is 11.3. The van der Waals surface area contributed by atoms with E-state index in [1.54, 1.807) is 21.1 Å². The third kappa shape index (κ3) is 3.37. The van der Waals surface area contributed by atoms with Gasteiger partial charge in [-0.15, -0.1) is 0 Å². The highest BCUT2D eigenvalue weighted by Crippen LogP contribution is 2.30. The summed E-state index contributed by atoms with van der Waals surface area (Å²) in [6.07, 6.45) is 0. The third-order valence-electron chi connectivity index (χ3n) is 2.64. The average molecular weight is 253 g/mol. The van der Waals surface area contributed by atoms with Gasteiger partial charge in [-0.1, -0.05) is 12.1 Å². The maximum Gasteiger partial charge on any atom is 0.322 e. The van der Waals surface area contributed by atoms with Crippen molar-refractivity contribution in [2.75, 3.05) is 21.3 Å². The fraction of sp³-hybridized carbons (Fsp3) is 0.462. The van der Waals surface area contributed by atoms with Crippen LogP contribution in [0.1, 0.15) is 12.5 Å². The minimum Gasteiger partial charge on any atom is -0.493 e. The van der Waals surface area contributed by atoms with Gasteiger partial charge in [0.1, 0.15) is 6.04 Å². The second kappa shape index (κ2) is 6.86. The predicted molar refractivity (Wildman–Crippen MR) is 67.9 cm³/mol. The van der Waals surface area contributed by atoms with Gasteiger partial charge in [0.2, 0.25) is 0 Å². The van der Waals surface area contributed by atoms with Crippen molar-refractivity contribution in [3.05, 3.63) is 23.8 Å². The lowest BCUT2D eigenvalue weighted by Gasteiger charge is -2.15. The summed E-state index contributed by atoms with van der Waals surface area (Å²) < 4.78 is 15.2. The van der Waals surface area contributed by atoms with Crippen molar-refractivity contribution in [1.29, 1.82) is 0 Å². The Balaban J connectivity index is 2.75. The molecule has 0 saturated heterocycles. The molecule has 5 nitrogen and oxygen atoms in total. The highest BCUT2D eigenvalue weighted by Gasteiger charge is 2.14. The molecule has 0 amide bonds. The third-order valence-corrected chi connectivity index (χ3v) is 2.64. The van der Waals surface area contributed by atoms with E-state index in [0.29, 0.717) is 18.0 Å². The zero-order valence-corrected chi connectivity index (χ0v) is 11.1. The molecule has 1 N–H and O–H groups in total. The summed E-state index contributed by atoms with van der Waals surface area (Å²) >= 11 is 0. The van der Waals surface area contributed by atoms with Crippen LogP contribution in [0.2, 0.25) is 0 Å². The summed E-state index contributed by atoms with van der Waals surface area (Å²) in [6, 6.07) is 5.25. The second-order valence-electron chi connectivity index (χ2n) is 3.78. The van der Waals surface area contributed by atoms with Crippen LogP contribution < -0.4 is 14.8 Å². The molecule has 0 bridgehead atoms. The number of ether oxygens (including phenoxy) is 3. The van der Waals surface area contributed by atoms with Gasteiger partial charge in [-0.3, -0.25) is 4.79 Å². The van der Waals surface area contributed by atoms with Crippen LogP contribution in [0.25, 0.3) is 0 Å². The molecular formula is C13H19NO4. The molecule has 0 radical (unpaired) electrons. The number of methoxy groups -OCH3 is 3. The second-order valence-corrected chi connectivity index (χ2v) is 3.78. The predicted octanol–water partition coefficient (Wildman–Crippen LogP) is 1.35. The minimum absolute atomic E-state index is 0.295. The van der Waals surface area contributed by atoms with E-state index in [-0.39, 0.29) is 12.0 Å². The molecule has 18 heavy (non-hydrogen) atoms. The van der Waals surface area contributed by atoms with E-state index in [4.69, 9.17) is 9.47 Å². The molecule has 0 saturated carbocycles. The van der Waals surface area contributed by atoms with Crippen LogP contribution in [-0.2, 0) is 16.1 Å². The Morgan fingerprint density at radius 1 is 1.28 bits per heavy atom. The number of hydrogen-bond acceptors (Lipinski definition) is 5. The Labute approximate surface area is 107 Å². The standard InChI is InChI=1S/C13H19NO4/c1-9(13(15)18-4)14-8-10-6-5-7-11(16-2)12(10)17-3/h5-7,9,14H,8H2,1-4H3/t9-/m0/s1. The number of hydrogen-bond donors (Lipinski definition) is 1. The van der Waals surface area contributed by atoms with E-state index in [9.17, 15) is 4.79 Å². The molecule has 0 aromatic heterocycles. The van der Waals surface area contributed by atoms with Crippen LogP contribution in [0, 0.1) is 0 Å². The minimum atomic E-state index is -0.370. The lowest BCUT2D eigenvalue weighted by atomic mass is 10.1. The number of carbonyl (C=O) groups is 1. The van der Waals surface area contributed by atoms with E-state index in [0.717, 1.165) is 5.56 Å². The van der Waals surface area contributed by atoms with E-state index in [1.165, 1.54) is 7.11 Å². The first kappa shape index (κ1) is 14.3. The van der Waals surface area contributed by atoms with Gasteiger partial charge in [-0.25, -0.2) is 0 Å². The molecule has 1 atom stereocenters. The van der Waals surface area contributed by atoms with Gasteiger partial charge in [-0.05, 0) is 13.0 Å². The van der Waals surface area contributed by atoms with E-state index < -0.39 is 0 Å². The van der Waals surface area contributed by atoms with Crippen molar-refractivity contribution in [2.24, 2.45) is 0 Å². The summed E-state index contributed by atoms with van der Waals surface area (Å²) in [4.78, 5) is 11.3. The smallest absolute Gasteiger partial charge is 0.322 e. The van der Waals surface area contributed by atoms with E-state index in [1.807, 2.05) is 18.2 Å². The molecule has 0 aliphatic carbocycles. The zero-order valence-electron chi connectivity index (χ0n) is 11.1. The Bertz CT molecular complexity index is 406. The van der Waals surface area contributed by atoms with Crippen LogP contribution in [0.5, 0.6) is 11.5 Å². The van der Waals surface area contributed by atoms with Gasteiger partial charge in [0.25, 0.3) is 0 Å². The monoisotopic (exact) mass is 253 g/mol. The van der Waals surface area contributed by atoms with Crippen LogP contribution in [-0.4, -0.2) is 33.3 Å². The van der Waals surface area contributed by atoms with Crippen LogP contribution in [0.15, 0.2) is 18.2 Å². The molecule has 0 aliphatic rings. The summed E-state index contributed by atoms with van der Waals surface area (Å²) in [6.45, 7) is 2.25. The Kier molecular flexibility index (Phi) is 5.45. The highest BCUT2D eigenvalue weighted by atomic mass is 16.5. The molecule has 1 rings (SSSR count). The molecule has 1 aromatic rings. The normalized spacial score (nSPS) is 11.8. The highest BCUT2D eigenvalue weighted by molar-refractivity contribution is 5.75. The summed E-state index contributed by atoms with van der Waals surface area (Å²) in [5.41, 5.74) is 0.924. The Hall–Kier alpha value is -1.75. The molecule has 1 aromatic carbocycles. The number of carbonyl (C=O) groups excluding carboxylic acids is 1. The van der Waals surface area contributed by atoms with Crippen LogP contribution >= 0.6 is 0 Å². The van der Waals surface area contributed by atoms with Gasteiger partial charge in [-0.2, -0.15) is 0 Å². The molecule has 100 valence electrons. The first-order valence-electron chi connectivity index (χ1n) is 5.65. The van der Waals surface area contributed by atoms with Gasteiger partial charge in [0.15, 0.2) is 11.5 Å². The molecule has 0 unspecified atom stereocenters. The number of para-hydroxylation sites is 1. The largest absolute Gasteiger partial charge is 0.493 e. The number of benzene rings is 1. The lowest BCUT2D eigenvalue weighted by Crippen LogP contribution is -2.34. The fourth-order valence-corrected chi connectivity index (χ4v) is 1.62. The van der Waals surface area contributed by atoms with Crippen molar-refractivity contribution < 1.29 is 19.0 Å². The van der Waals surface area contributed by atoms with Crippen LogP contribution in [0.3, 0.4) is 0 Å². The van der Waals surface area contributed by atoms with E-state index in [2.05, 4.69) is 10.1 Å². The number of nitrogens with one attached hydrogen (secondary N) is 1. The molecule has 0 spiro atoms. The van der Waals surface area contributed by atoms with Gasteiger partial charge in [0.05, 0.1) is 21.3 Å². The number of esters is 1. The van der Waals surface area contributed by atoms with Crippen molar-refractivity contribution in [1.82, 2.24) is 5.32 Å². The van der Waals surface area contributed by atoms with Crippen molar-refractivity contribution >= 4 is 5.97 Å². The fourth-order valence-electron chi connectivity index (χ4n) is 1.62. The van der Waals surface area contributed by atoms with Crippen molar-refractivity contribution in [3.8, 4) is 11.5 Å². The topological polar surface area (TPSA) is 56.8 Å². The quantitative estimate of drug-likeness (QED) is 0.776. The maximum atomic E-state index is 11.3.